The van der Waals surface area contributed by atoms with Crippen LogP contribution in [0.3, 0.4) is 0 Å². The summed E-state index contributed by atoms with van der Waals surface area (Å²) >= 11 is 2.01. The largest absolute Gasteiger partial charge is 0.522 e. The number of anilines is 1. The van der Waals surface area contributed by atoms with Gasteiger partial charge in [-0.3, -0.25) is 0 Å². The molecule has 0 heterocycles. The molecule has 83 valence electrons. The van der Waals surface area contributed by atoms with Crippen molar-refractivity contribution in [3.8, 4) is 0 Å². The van der Waals surface area contributed by atoms with E-state index in [2.05, 4.69) is 10.6 Å². The van der Waals surface area contributed by atoms with E-state index in [1.807, 2.05) is 40.8 Å². The standard InChI is InChI=1S/C7H6NO.C2H3INO.Re/c9-6-8-7-4-2-1-3-5-7;3-1-4-2-5;/h1-5H,(H,8,9);1H2,(H,4,5);/q2*-1;. The molecule has 4 nitrogen and oxygen atoms in total. The Labute approximate surface area is 116 Å². The van der Waals surface area contributed by atoms with Crippen molar-refractivity contribution in [2.24, 2.45) is 0 Å². The zero-order valence-corrected chi connectivity index (χ0v) is 12.5. The van der Waals surface area contributed by atoms with E-state index in [0.29, 0.717) is 4.55 Å². The van der Waals surface area contributed by atoms with E-state index in [-0.39, 0.29) is 20.4 Å². The van der Waals surface area contributed by atoms with Gasteiger partial charge in [-0.25, -0.2) is 0 Å². The van der Waals surface area contributed by atoms with E-state index >= 15 is 0 Å². The van der Waals surface area contributed by atoms with Gasteiger partial charge in [0.25, 0.3) is 0 Å². The minimum Gasteiger partial charge on any atom is -0.522 e. The Hall–Kier alpha value is -0.448. The summed E-state index contributed by atoms with van der Waals surface area (Å²) in [6.07, 6.45) is 3.09. The second kappa shape index (κ2) is 13.6. The van der Waals surface area contributed by atoms with Gasteiger partial charge in [0.05, 0.1) is 6.41 Å². The van der Waals surface area contributed by atoms with Crippen molar-refractivity contribution in [3.63, 3.8) is 0 Å². The second-order valence-corrected chi connectivity index (χ2v) is 2.77. The van der Waals surface area contributed by atoms with Crippen molar-refractivity contribution in [2.45, 2.75) is 0 Å². The number of hydrogen-bond donors (Lipinski definition) is 2. The van der Waals surface area contributed by atoms with Gasteiger partial charge >= 0.3 is 0 Å². The van der Waals surface area contributed by atoms with Crippen LogP contribution in [0.15, 0.2) is 30.3 Å². The van der Waals surface area contributed by atoms with E-state index < -0.39 is 0 Å². The SMILES string of the molecule is O=[C-]NCI.O=[C-]Nc1ccccc1.[Re]. The van der Waals surface area contributed by atoms with Crippen LogP contribution < -0.4 is 10.6 Å². The monoisotopic (exact) mass is 491 g/mol. The molecule has 6 heteroatoms. The Morgan fingerprint density at radius 3 is 2.07 bits per heavy atom. The van der Waals surface area contributed by atoms with Crippen molar-refractivity contribution in [1.29, 1.82) is 0 Å². The summed E-state index contributed by atoms with van der Waals surface area (Å²) in [5.74, 6) is 0. The Morgan fingerprint density at radius 1 is 1.13 bits per heavy atom. The average molecular weight is 490 g/mol. The van der Waals surface area contributed by atoms with Crippen LogP contribution in [0, 0.1) is 0 Å². The van der Waals surface area contributed by atoms with Gasteiger partial charge in [-0.2, -0.15) is 6.41 Å². The molecule has 2 N–H and O–H groups in total. The average Bonchev–Trinajstić information content (AvgIpc) is 2.22. The van der Waals surface area contributed by atoms with Gasteiger partial charge < -0.3 is 20.2 Å². The third kappa shape index (κ3) is 11.5. The van der Waals surface area contributed by atoms with Gasteiger partial charge in [-0.05, 0) is 0 Å². The van der Waals surface area contributed by atoms with Crippen LogP contribution in [0.2, 0.25) is 0 Å². The number of halogens is 1. The molecule has 1 radical (unpaired) electrons. The number of hydrogen-bond acceptors (Lipinski definition) is 2. The van der Waals surface area contributed by atoms with Crippen LogP contribution in [0.1, 0.15) is 0 Å². The van der Waals surface area contributed by atoms with Gasteiger partial charge in [0.2, 0.25) is 0 Å². The summed E-state index contributed by atoms with van der Waals surface area (Å²) < 4.78 is 0.640. The molecule has 0 unspecified atom stereocenters. The van der Waals surface area contributed by atoms with E-state index in [1.54, 1.807) is 18.5 Å². The van der Waals surface area contributed by atoms with Gasteiger partial charge in [0, 0.05) is 25.0 Å². The van der Waals surface area contributed by atoms with E-state index in [4.69, 9.17) is 4.79 Å². The Kier molecular flexibility index (Phi) is 15.3. The molecule has 0 bridgehead atoms. The first-order chi connectivity index (χ1) is 6.85. The molecule has 0 aliphatic rings. The van der Waals surface area contributed by atoms with E-state index in [9.17, 15) is 4.79 Å². The van der Waals surface area contributed by atoms with Crippen molar-refractivity contribution < 1.29 is 30.0 Å². The molecule has 1 aromatic carbocycles. The Bertz CT molecular complexity index is 260. The predicted octanol–water partition coefficient (Wildman–Crippen LogP) is 1.20. The number of para-hydroxylation sites is 1. The maximum atomic E-state index is 9.74. The molecule has 2 amide bonds. The van der Waals surface area contributed by atoms with Crippen LogP contribution >= 0.6 is 22.6 Å². The van der Waals surface area contributed by atoms with Gasteiger partial charge in [-0.1, -0.05) is 40.8 Å². The topological polar surface area (TPSA) is 58.2 Å². The molecule has 0 aromatic heterocycles. The van der Waals surface area contributed by atoms with Crippen LogP contribution in [-0.4, -0.2) is 17.4 Å². The third-order valence-corrected chi connectivity index (χ3v) is 1.49. The van der Waals surface area contributed by atoms with E-state index in [0.717, 1.165) is 5.69 Å². The van der Waals surface area contributed by atoms with Crippen LogP contribution in [-0.2, 0) is 30.0 Å². The number of alkyl halides is 1. The summed E-state index contributed by atoms with van der Waals surface area (Å²) in [5.41, 5.74) is 0.771. The third-order valence-electron chi connectivity index (χ3n) is 1.11. The minimum absolute atomic E-state index is 0. The fourth-order valence-electron chi connectivity index (χ4n) is 0.608. The van der Waals surface area contributed by atoms with Crippen LogP contribution in [0.4, 0.5) is 5.69 Å². The summed E-state index contributed by atoms with van der Waals surface area (Å²) in [6.45, 7) is 0. The van der Waals surface area contributed by atoms with Crippen molar-refractivity contribution in [2.75, 3.05) is 9.87 Å². The molecule has 1 aromatic rings. The molecule has 0 saturated heterocycles. The molecule has 15 heavy (non-hydrogen) atoms. The van der Waals surface area contributed by atoms with Gasteiger partial charge in [0.15, 0.2) is 0 Å². The molecule has 0 saturated carbocycles. The number of carbonyl (C=O) groups excluding carboxylic acids is 2. The molecule has 0 spiro atoms. The molecule has 0 fully saturated rings. The fraction of sp³-hybridized carbons (Fsp3) is 0.111. The fourth-order valence-corrected chi connectivity index (χ4v) is 0.763. The molecule has 0 aliphatic heterocycles. The zero-order chi connectivity index (χ0) is 10.6. The van der Waals surface area contributed by atoms with E-state index in [1.165, 1.54) is 6.41 Å². The smallest absolute Gasteiger partial charge is 0.0692 e. The summed E-state index contributed by atoms with van der Waals surface area (Å²) in [4.78, 5) is 18.9. The van der Waals surface area contributed by atoms with Crippen LogP contribution in [0.25, 0.3) is 0 Å². The Morgan fingerprint density at radius 2 is 1.73 bits per heavy atom. The quantitative estimate of drug-likeness (QED) is 0.219. The van der Waals surface area contributed by atoms with Crippen molar-refractivity contribution in [1.82, 2.24) is 5.32 Å². The number of rotatable bonds is 4. The first-order valence-corrected chi connectivity index (χ1v) is 5.22. The first-order valence-electron chi connectivity index (χ1n) is 3.69. The summed E-state index contributed by atoms with van der Waals surface area (Å²) in [7, 11) is 0. The molecule has 0 aliphatic carbocycles. The summed E-state index contributed by atoms with van der Waals surface area (Å²) in [6, 6.07) is 9.17. The second-order valence-electron chi connectivity index (χ2n) is 2.01. The normalized spacial score (nSPS) is 7.27. The molecule has 1 rings (SSSR count). The summed E-state index contributed by atoms with van der Waals surface area (Å²) in [5, 5.41) is 4.69. The zero-order valence-electron chi connectivity index (χ0n) is 7.67. The maximum absolute atomic E-state index is 9.74. The number of benzene rings is 1. The first kappa shape index (κ1) is 17.0. The van der Waals surface area contributed by atoms with Crippen molar-refractivity contribution >= 4 is 41.1 Å². The molecule has 0 atom stereocenters. The Balaban J connectivity index is 0. The maximum Gasteiger partial charge on any atom is 0.0692 e. The minimum atomic E-state index is 0. The number of amides is 2. The number of nitrogens with one attached hydrogen (secondary N) is 2. The van der Waals surface area contributed by atoms with Gasteiger partial charge in [0.1, 0.15) is 0 Å². The van der Waals surface area contributed by atoms with Gasteiger partial charge in [-0.15, -0.1) is 17.8 Å². The van der Waals surface area contributed by atoms with Crippen molar-refractivity contribution in [3.05, 3.63) is 30.3 Å². The van der Waals surface area contributed by atoms with Crippen LogP contribution in [0.5, 0.6) is 0 Å². The molecular weight excluding hydrogens is 481 g/mol. The predicted molar refractivity (Wildman–Crippen MR) is 63.5 cm³/mol. The molecular formula is C9H9IN2O2Re-2.